The first-order valence-corrected chi connectivity index (χ1v) is 5.66. The third-order valence-electron chi connectivity index (χ3n) is 2.98. The van der Waals surface area contributed by atoms with E-state index in [-0.39, 0.29) is 0 Å². The molecule has 0 amide bonds. The van der Waals surface area contributed by atoms with Gasteiger partial charge in [0.25, 0.3) is 0 Å². The molecule has 4 heteroatoms. The van der Waals surface area contributed by atoms with Crippen LogP contribution in [-0.4, -0.2) is 16.5 Å². The molecule has 0 radical (unpaired) electrons. The number of nitrogen functional groups attached to an aromatic ring is 1. The second kappa shape index (κ2) is 4.96. The Hall–Kier alpha value is -1.32. The van der Waals surface area contributed by atoms with Gasteiger partial charge in [0, 0.05) is 6.54 Å². The zero-order valence-corrected chi connectivity index (χ0v) is 8.95. The summed E-state index contributed by atoms with van der Waals surface area (Å²) in [6.07, 6.45) is 10.1. The maximum Gasteiger partial charge on any atom is 0.222 e. The third-order valence-corrected chi connectivity index (χ3v) is 2.98. The molecule has 3 N–H and O–H groups in total. The standard InChI is InChI=1S/C11H18N4/c12-10-7-14-11(15-8-10)13-6-5-9-3-1-2-4-9/h7-9H,1-6,12H2,(H,13,14,15). The number of aromatic nitrogens is 2. The van der Waals surface area contributed by atoms with Crippen LogP contribution in [0, 0.1) is 5.92 Å². The quantitative estimate of drug-likeness (QED) is 0.791. The first kappa shape index (κ1) is 10.2. The largest absolute Gasteiger partial charge is 0.396 e. The van der Waals surface area contributed by atoms with Crippen molar-refractivity contribution in [1.82, 2.24) is 9.97 Å². The van der Waals surface area contributed by atoms with E-state index in [0.717, 1.165) is 12.5 Å². The van der Waals surface area contributed by atoms with Crippen LogP contribution in [-0.2, 0) is 0 Å². The van der Waals surface area contributed by atoms with Crippen LogP contribution in [0.15, 0.2) is 12.4 Å². The Labute approximate surface area is 90.3 Å². The molecule has 0 unspecified atom stereocenters. The number of hydrogen-bond acceptors (Lipinski definition) is 4. The van der Waals surface area contributed by atoms with Crippen LogP contribution < -0.4 is 11.1 Å². The molecule has 1 heterocycles. The van der Waals surface area contributed by atoms with Gasteiger partial charge in [-0.3, -0.25) is 0 Å². The molecule has 0 aliphatic heterocycles. The smallest absolute Gasteiger partial charge is 0.222 e. The van der Waals surface area contributed by atoms with Crippen LogP contribution in [0.3, 0.4) is 0 Å². The molecular weight excluding hydrogens is 188 g/mol. The highest BCUT2D eigenvalue weighted by Gasteiger charge is 2.14. The minimum atomic E-state index is 0.608. The van der Waals surface area contributed by atoms with Gasteiger partial charge in [0.1, 0.15) is 0 Å². The van der Waals surface area contributed by atoms with E-state index in [9.17, 15) is 0 Å². The van der Waals surface area contributed by atoms with Crippen LogP contribution in [0.25, 0.3) is 0 Å². The van der Waals surface area contributed by atoms with E-state index in [2.05, 4.69) is 15.3 Å². The third kappa shape index (κ3) is 3.08. The Balaban J connectivity index is 1.71. The summed E-state index contributed by atoms with van der Waals surface area (Å²) in [6.45, 7) is 0.967. The fourth-order valence-corrected chi connectivity index (χ4v) is 2.12. The van der Waals surface area contributed by atoms with Gasteiger partial charge in [-0.2, -0.15) is 0 Å². The molecule has 1 saturated carbocycles. The van der Waals surface area contributed by atoms with E-state index in [1.54, 1.807) is 12.4 Å². The molecule has 15 heavy (non-hydrogen) atoms. The van der Waals surface area contributed by atoms with Gasteiger partial charge in [-0.1, -0.05) is 25.7 Å². The molecule has 1 aliphatic rings. The molecule has 1 aromatic heterocycles. The zero-order chi connectivity index (χ0) is 10.5. The first-order chi connectivity index (χ1) is 7.34. The lowest BCUT2D eigenvalue weighted by atomic mass is 10.0. The van der Waals surface area contributed by atoms with Crippen molar-refractivity contribution >= 4 is 11.6 Å². The molecule has 0 spiro atoms. The fourth-order valence-electron chi connectivity index (χ4n) is 2.12. The van der Waals surface area contributed by atoms with Crippen molar-refractivity contribution in [2.75, 3.05) is 17.6 Å². The lowest BCUT2D eigenvalue weighted by Gasteiger charge is -2.09. The van der Waals surface area contributed by atoms with Crippen molar-refractivity contribution in [2.45, 2.75) is 32.1 Å². The summed E-state index contributed by atoms with van der Waals surface area (Å²) in [5, 5.41) is 3.22. The van der Waals surface area contributed by atoms with Gasteiger partial charge < -0.3 is 11.1 Å². The summed E-state index contributed by atoms with van der Waals surface area (Å²) < 4.78 is 0. The van der Waals surface area contributed by atoms with Gasteiger partial charge in [0.05, 0.1) is 18.1 Å². The average molecular weight is 206 g/mol. The highest BCUT2D eigenvalue weighted by molar-refractivity contribution is 5.35. The molecule has 0 atom stereocenters. The predicted octanol–water partition coefficient (Wildman–Crippen LogP) is 2.05. The molecule has 0 saturated heterocycles. The van der Waals surface area contributed by atoms with Crippen molar-refractivity contribution in [3.63, 3.8) is 0 Å². The van der Waals surface area contributed by atoms with Gasteiger partial charge in [-0.05, 0) is 12.3 Å². The summed E-state index contributed by atoms with van der Waals surface area (Å²) in [4.78, 5) is 8.19. The van der Waals surface area contributed by atoms with Crippen molar-refractivity contribution in [1.29, 1.82) is 0 Å². The zero-order valence-electron chi connectivity index (χ0n) is 8.95. The molecular formula is C11H18N4. The van der Waals surface area contributed by atoms with E-state index in [1.165, 1.54) is 32.1 Å². The summed E-state index contributed by atoms with van der Waals surface area (Å²) in [5.41, 5.74) is 6.11. The van der Waals surface area contributed by atoms with Gasteiger partial charge in [-0.25, -0.2) is 9.97 Å². The molecule has 2 rings (SSSR count). The number of hydrogen-bond donors (Lipinski definition) is 2. The maximum atomic E-state index is 5.50. The Bertz CT molecular complexity index is 290. The molecule has 82 valence electrons. The number of nitrogens with zero attached hydrogens (tertiary/aromatic N) is 2. The Morgan fingerprint density at radius 1 is 1.27 bits per heavy atom. The van der Waals surface area contributed by atoms with E-state index in [1.807, 2.05) is 0 Å². The lowest BCUT2D eigenvalue weighted by molar-refractivity contribution is 0.518. The molecule has 1 fully saturated rings. The first-order valence-electron chi connectivity index (χ1n) is 5.66. The topological polar surface area (TPSA) is 63.8 Å². The summed E-state index contributed by atoms with van der Waals surface area (Å²) >= 11 is 0. The van der Waals surface area contributed by atoms with Gasteiger partial charge in [0.2, 0.25) is 5.95 Å². The van der Waals surface area contributed by atoms with Gasteiger partial charge in [-0.15, -0.1) is 0 Å². The van der Waals surface area contributed by atoms with Crippen LogP contribution in [0.2, 0.25) is 0 Å². The Morgan fingerprint density at radius 3 is 2.60 bits per heavy atom. The second-order valence-corrected chi connectivity index (χ2v) is 4.21. The Kier molecular flexibility index (Phi) is 3.37. The highest BCUT2D eigenvalue weighted by atomic mass is 15.1. The van der Waals surface area contributed by atoms with Crippen molar-refractivity contribution < 1.29 is 0 Å². The van der Waals surface area contributed by atoms with Gasteiger partial charge >= 0.3 is 0 Å². The predicted molar refractivity (Wildman–Crippen MR) is 61.5 cm³/mol. The van der Waals surface area contributed by atoms with Crippen molar-refractivity contribution in [3.05, 3.63) is 12.4 Å². The summed E-state index contributed by atoms with van der Waals surface area (Å²) in [5.74, 6) is 1.59. The van der Waals surface area contributed by atoms with Crippen LogP contribution in [0.5, 0.6) is 0 Å². The molecule has 0 bridgehead atoms. The number of nitrogens with two attached hydrogens (primary N) is 1. The highest BCUT2D eigenvalue weighted by Crippen LogP contribution is 2.27. The second-order valence-electron chi connectivity index (χ2n) is 4.21. The Morgan fingerprint density at radius 2 is 1.93 bits per heavy atom. The molecule has 1 aliphatic carbocycles. The molecule has 4 nitrogen and oxygen atoms in total. The normalized spacial score (nSPS) is 16.8. The van der Waals surface area contributed by atoms with Crippen molar-refractivity contribution in [2.24, 2.45) is 5.92 Å². The van der Waals surface area contributed by atoms with E-state index in [4.69, 9.17) is 5.73 Å². The average Bonchev–Trinajstić information content (AvgIpc) is 2.74. The minimum Gasteiger partial charge on any atom is -0.396 e. The monoisotopic (exact) mass is 206 g/mol. The van der Waals surface area contributed by atoms with Crippen LogP contribution >= 0.6 is 0 Å². The van der Waals surface area contributed by atoms with E-state index < -0.39 is 0 Å². The van der Waals surface area contributed by atoms with Gasteiger partial charge in [0.15, 0.2) is 0 Å². The van der Waals surface area contributed by atoms with Crippen LogP contribution in [0.4, 0.5) is 11.6 Å². The maximum absolute atomic E-state index is 5.50. The van der Waals surface area contributed by atoms with E-state index in [0.29, 0.717) is 11.6 Å². The summed E-state index contributed by atoms with van der Waals surface area (Å²) in [7, 11) is 0. The minimum absolute atomic E-state index is 0.608. The van der Waals surface area contributed by atoms with Crippen LogP contribution in [0.1, 0.15) is 32.1 Å². The number of rotatable bonds is 4. The van der Waals surface area contributed by atoms with E-state index >= 15 is 0 Å². The molecule has 1 aromatic rings. The molecule has 0 aromatic carbocycles. The fraction of sp³-hybridized carbons (Fsp3) is 0.636. The number of nitrogens with one attached hydrogen (secondary N) is 1. The summed E-state index contributed by atoms with van der Waals surface area (Å²) in [6, 6.07) is 0. The number of anilines is 2. The lowest BCUT2D eigenvalue weighted by Crippen LogP contribution is -2.09. The van der Waals surface area contributed by atoms with Crippen molar-refractivity contribution in [3.8, 4) is 0 Å². The SMILES string of the molecule is Nc1cnc(NCCC2CCCC2)nc1.